The second kappa shape index (κ2) is 7.46. The molecular weight excluding hydrogens is 310 g/mol. The van der Waals surface area contributed by atoms with Crippen molar-refractivity contribution < 1.29 is 4.79 Å². The number of nitrogens with zero attached hydrogens (tertiary/aromatic N) is 2. The van der Waals surface area contributed by atoms with Gasteiger partial charge in [0.15, 0.2) is 0 Å². The summed E-state index contributed by atoms with van der Waals surface area (Å²) < 4.78 is 0. The largest absolute Gasteiger partial charge is 0.354 e. The second-order valence-electron chi connectivity index (χ2n) is 8.17. The molecule has 2 aliphatic carbocycles. The molecule has 4 rings (SSSR count). The van der Waals surface area contributed by atoms with Gasteiger partial charge in [-0.2, -0.15) is 0 Å². The highest BCUT2D eigenvalue weighted by Crippen LogP contribution is 2.40. The van der Waals surface area contributed by atoms with Gasteiger partial charge in [0.2, 0.25) is 5.91 Å². The van der Waals surface area contributed by atoms with Gasteiger partial charge in [-0.1, -0.05) is 43.2 Å². The van der Waals surface area contributed by atoms with Crippen LogP contribution in [0.3, 0.4) is 0 Å². The van der Waals surface area contributed by atoms with Gasteiger partial charge in [0.05, 0.1) is 6.54 Å². The van der Waals surface area contributed by atoms with Crippen molar-refractivity contribution in [3.8, 4) is 0 Å². The Morgan fingerprint density at radius 1 is 1.04 bits per heavy atom. The summed E-state index contributed by atoms with van der Waals surface area (Å²) in [5.74, 6) is 0.196. The molecule has 25 heavy (non-hydrogen) atoms. The van der Waals surface area contributed by atoms with E-state index in [1.807, 2.05) is 0 Å². The molecule has 0 unspecified atom stereocenters. The van der Waals surface area contributed by atoms with E-state index < -0.39 is 0 Å². The fourth-order valence-corrected chi connectivity index (χ4v) is 4.66. The number of hydrogen-bond acceptors (Lipinski definition) is 3. The molecule has 1 aliphatic heterocycles. The molecule has 4 nitrogen and oxygen atoms in total. The topological polar surface area (TPSA) is 35.6 Å². The quantitative estimate of drug-likeness (QED) is 0.863. The summed E-state index contributed by atoms with van der Waals surface area (Å²) in [6.45, 7) is 5.68. The van der Waals surface area contributed by atoms with Crippen molar-refractivity contribution in [3.63, 3.8) is 0 Å². The second-order valence-corrected chi connectivity index (χ2v) is 8.17. The van der Waals surface area contributed by atoms with Crippen LogP contribution in [0.4, 0.5) is 0 Å². The van der Waals surface area contributed by atoms with Crippen LogP contribution in [0.2, 0.25) is 0 Å². The van der Waals surface area contributed by atoms with Gasteiger partial charge in [0, 0.05) is 44.2 Å². The Morgan fingerprint density at radius 3 is 2.36 bits per heavy atom. The molecule has 2 saturated carbocycles. The molecular formula is C21H31N3O. The van der Waals surface area contributed by atoms with Crippen molar-refractivity contribution in [1.29, 1.82) is 0 Å². The van der Waals surface area contributed by atoms with Gasteiger partial charge >= 0.3 is 0 Å². The van der Waals surface area contributed by atoms with E-state index in [0.29, 0.717) is 6.54 Å². The SMILES string of the molecule is O=C(CN1CCN(C2CC2)CC1)NCC1(c2ccccc2)CCCC1. The molecule has 1 amide bonds. The summed E-state index contributed by atoms with van der Waals surface area (Å²) >= 11 is 0. The molecule has 1 aromatic rings. The Kier molecular flexibility index (Phi) is 5.09. The van der Waals surface area contributed by atoms with Crippen LogP contribution in [-0.4, -0.2) is 61.0 Å². The zero-order valence-corrected chi connectivity index (χ0v) is 15.3. The summed E-state index contributed by atoms with van der Waals surface area (Å²) in [5.41, 5.74) is 1.55. The van der Waals surface area contributed by atoms with E-state index in [2.05, 4.69) is 45.4 Å². The third-order valence-electron chi connectivity index (χ3n) is 6.41. The van der Waals surface area contributed by atoms with Crippen molar-refractivity contribution >= 4 is 5.91 Å². The molecule has 4 heteroatoms. The van der Waals surface area contributed by atoms with E-state index in [-0.39, 0.29) is 11.3 Å². The first-order chi connectivity index (χ1) is 12.3. The van der Waals surface area contributed by atoms with Gasteiger partial charge in [0.25, 0.3) is 0 Å². The zero-order chi connectivity index (χ0) is 17.1. The monoisotopic (exact) mass is 341 g/mol. The zero-order valence-electron chi connectivity index (χ0n) is 15.3. The summed E-state index contributed by atoms with van der Waals surface area (Å²) in [6, 6.07) is 11.6. The third kappa shape index (κ3) is 4.06. The van der Waals surface area contributed by atoms with Crippen LogP contribution in [0, 0.1) is 0 Å². The smallest absolute Gasteiger partial charge is 0.234 e. The predicted molar refractivity (Wildman–Crippen MR) is 101 cm³/mol. The molecule has 0 bridgehead atoms. The van der Waals surface area contributed by atoms with E-state index in [1.54, 1.807) is 0 Å². The molecule has 1 saturated heterocycles. The lowest BCUT2D eigenvalue weighted by Crippen LogP contribution is -2.51. The minimum Gasteiger partial charge on any atom is -0.354 e. The molecule has 3 aliphatic rings. The fraction of sp³-hybridized carbons (Fsp3) is 0.667. The van der Waals surface area contributed by atoms with E-state index in [9.17, 15) is 4.79 Å². The van der Waals surface area contributed by atoms with Crippen molar-refractivity contribution in [1.82, 2.24) is 15.1 Å². The van der Waals surface area contributed by atoms with Crippen LogP contribution in [0.15, 0.2) is 30.3 Å². The molecule has 0 atom stereocenters. The average molecular weight is 341 g/mol. The number of hydrogen-bond donors (Lipinski definition) is 1. The average Bonchev–Trinajstić information content (AvgIpc) is 3.39. The molecule has 0 spiro atoms. The number of carbonyl (C=O) groups excluding carboxylic acids is 1. The van der Waals surface area contributed by atoms with Crippen molar-refractivity contribution in [3.05, 3.63) is 35.9 Å². The van der Waals surface area contributed by atoms with Gasteiger partial charge in [-0.05, 0) is 31.2 Å². The Labute approximate surface area is 151 Å². The number of benzene rings is 1. The Bertz CT molecular complexity index is 570. The summed E-state index contributed by atoms with van der Waals surface area (Å²) in [4.78, 5) is 17.4. The van der Waals surface area contributed by atoms with Crippen LogP contribution in [-0.2, 0) is 10.2 Å². The lowest BCUT2D eigenvalue weighted by Gasteiger charge is -2.35. The molecule has 136 valence electrons. The maximum absolute atomic E-state index is 12.5. The van der Waals surface area contributed by atoms with E-state index in [1.165, 1.54) is 44.1 Å². The summed E-state index contributed by atoms with van der Waals surface area (Å²) in [6.07, 6.45) is 7.68. The normalized spacial score (nSPS) is 24.3. The Hall–Kier alpha value is -1.39. The van der Waals surface area contributed by atoms with Gasteiger partial charge in [0.1, 0.15) is 0 Å². The standard InChI is InChI=1S/C21H31N3O/c25-20(16-23-12-14-24(15-13-23)19-8-9-19)22-17-21(10-4-5-11-21)18-6-2-1-3-7-18/h1-3,6-7,19H,4-5,8-17H2,(H,22,25). The minimum absolute atomic E-state index is 0.154. The van der Waals surface area contributed by atoms with E-state index in [0.717, 1.165) is 38.8 Å². The maximum atomic E-state index is 12.5. The van der Waals surface area contributed by atoms with Crippen LogP contribution in [0.25, 0.3) is 0 Å². The third-order valence-corrected chi connectivity index (χ3v) is 6.41. The van der Waals surface area contributed by atoms with Gasteiger partial charge in [-0.15, -0.1) is 0 Å². The maximum Gasteiger partial charge on any atom is 0.234 e. The molecule has 0 radical (unpaired) electrons. The summed E-state index contributed by atoms with van der Waals surface area (Å²) in [5, 5.41) is 3.26. The number of amides is 1. The minimum atomic E-state index is 0.154. The van der Waals surface area contributed by atoms with Crippen LogP contribution >= 0.6 is 0 Å². The highest BCUT2D eigenvalue weighted by Gasteiger charge is 2.36. The first-order valence-electron chi connectivity index (χ1n) is 10.0. The number of rotatable bonds is 6. The summed E-state index contributed by atoms with van der Waals surface area (Å²) in [7, 11) is 0. The number of nitrogens with one attached hydrogen (secondary N) is 1. The highest BCUT2D eigenvalue weighted by atomic mass is 16.2. The van der Waals surface area contributed by atoms with Crippen molar-refractivity contribution in [2.24, 2.45) is 0 Å². The van der Waals surface area contributed by atoms with Gasteiger partial charge in [-0.3, -0.25) is 14.6 Å². The molecule has 1 heterocycles. The first kappa shape index (κ1) is 17.0. The lowest BCUT2D eigenvalue weighted by atomic mass is 9.79. The molecule has 1 N–H and O–H groups in total. The lowest BCUT2D eigenvalue weighted by molar-refractivity contribution is -0.123. The molecule has 1 aromatic carbocycles. The van der Waals surface area contributed by atoms with E-state index >= 15 is 0 Å². The number of piperazine rings is 1. The first-order valence-corrected chi connectivity index (χ1v) is 10.0. The molecule has 3 fully saturated rings. The van der Waals surface area contributed by atoms with Crippen molar-refractivity contribution in [2.75, 3.05) is 39.3 Å². The van der Waals surface area contributed by atoms with Gasteiger partial charge in [-0.25, -0.2) is 0 Å². The number of carbonyl (C=O) groups is 1. The predicted octanol–water partition coefficient (Wildman–Crippen LogP) is 2.39. The van der Waals surface area contributed by atoms with Crippen LogP contribution in [0.1, 0.15) is 44.1 Å². The van der Waals surface area contributed by atoms with Gasteiger partial charge < -0.3 is 5.32 Å². The van der Waals surface area contributed by atoms with E-state index in [4.69, 9.17) is 0 Å². The fourth-order valence-electron chi connectivity index (χ4n) is 4.66. The van der Waals surface area contributed by atoms with Crippen LogP contribution < -0.4 is 5.32 Å². The Balaban J connectivity index is 1.27. The van der Waals surface area contributed by atoms with Crippen LogP contribution in [0.5, 0.6) is 0 Å². The Morgan fingerprint density at radius 2 is 1.72 bits per heavy atom. The molecule has 0 aromatic heterocycles. The highest BCUT2D eigenvalue weighted by molar-refractivity contribution is 5.78. The van der Waals surface area contributed by atoms with Crippen molar-refractivity contribution in [2.45, 2.75) is 50.0 Å².